The molecule has 1 aliphatic carbocycles. The molecule has 0 spiro atoms. The molecule has 4 rings (SSSR count). The van der Waals surface area contributed by atoms with E-state index in [1.54, 1.807) is 0 Å². The van der Waals surface area contributed by atoms with Crippen LogP contribution in [0.3, 0.4) is 0 Å². The van der Waals surface area contributed by atoms with Gasteiger partial charge in [-0.15, -0.1) is 10.2 Å². The Morgan fingerprint density at radius 3 is 3.14 bits per heavy atom. The van der Waals surface area contributed by atoms with E-state index in [0.717, 1.165) is 43.2 Å². The molecule has 21 heavy (non-hydrogen) atoms. The van der Waals surface area contributed by atoms with Crippen LogP contribution in [0.5, 0.6) is 5.75 Å². The zero-order valence-electron chi connectivity index (χ0n) is 12.1. The second-order valence-corrected chi connectivity index (χ2v) is 5.94. The fraction of sp³-hybridized carbons (Fsp3) is 0.500. The van der Waals surface area contributed by atoms with Gasteiger partial charge < -0.3 is 15.0 Å². The lowest BCUT2D eigenvalue weighted by atomic mass is 10.1. The van der Waals surface area contributed by atoms with Crippen LogP contribution < -0.4 is 10.5 Å². The fourth-order valence-electron chi connectivity index (χ4n) is 3.34. The zero-order valence-corrected chi connectivity index (χ0v) is 12.1. The number of benzene rings is 1. The molecule has 0 radical (unpaired) electrons. The lowest BCUT2D eigenvalue weighted by molar-refractivity contribution is 0.286. The molecule has 0 fully saturated rings. The maximum absolute atomic E-state index is 6.06. The summed E-state index contributed by atoms with van der Waals surface area (Å²) >= 11 is 0. The molecule has 1 atom stereocenters. The summed E-state index contributed by atoms with van der Waals surface area (Å²) < 4.78 is 8.11. The van der Waals surface area contributed by atoms with Crippen molar-refractivity contribution >= 4 is 0 Å². The van der Waals surface area contributed by atoms with Crippen LogP contribution in [-0.2, 0) is 26.0 Å². The van der Waals surface area contributed by atoms with E-state index >= 15 is 0 Å². The Labute approximate surface area is 124 Å². The highest BCUT2D eigenvalue weighted by molar-refractivity contribution is 5.40. The van der Waals surface area contributed by atoms with Crippen LogP contribution in [-0.4, -0.2) is 14.8 Å². The first-order chi connectivity index (χ1) is 10.3. The molecule has 5 heteroatoms. The molecule has 1 unspecified atom stereocenters. The SMILES string of the molecule is NC1CCc2cc(OCc3nnc4n3CCCC4)ccc21. The number of fused-ring (bicyclic) bond motifs is 2. The van der Waals surface area contributed by atoms with Crippen molar-refractivity contribution in [3.63, 3.8) is 0 Å². The number of hydrogen-bond donors (Lipinski definition) is 1. The third kappa shape index (κ3) is 2.31. The number of aryl methyl sites for hydroxylation is 2. The van der Waals surface area contributed by atoms with Gasteiger partial charge in [-0.3, -0.25) is 0 Å². The van der Waals surface area contributed by atoms with Gasteiger partial charge in [0.1, 0.15) is 18.2 Å². The van der Waals surface area contributed by atoms with Crippen LogP contribution >= 0.6 is 0 Å². The molecule has 0 bridgehead atoms. The first kappa shape index (κ1) is 12.8. The van der Waals surface area contributed by atoms with Crippen molar-refractivity contribution in [3.8, 4) is 5.75 Å². The van der Waals surface area contributed by atoms with E-state index in [4.69, 9.17) is 10.5 Å². The van der Waals surface area contributed by atoms with E-state index in [2.05, 4.69) is 26.9 Å². The summed E-state index contributed by atoms with van der Waals surface area (Å²) in [5.41, 5.74) is 8.65. The Bertz CT molecular complexity index is 664. The smallest absolute Gasteiger partial charge is 0.171 e. The summed E-state index contributed by atoms with van der Waals surface area (Å²) in [6.07, 6.45) is 5.53. The predicted molar refractivity (Wildman–Crippen MR) is 79.0 cm³/mol. The minimum Gasteiger partial charge on any atom is -0.486 e. The van der Waals surface area contributed by atoms with E-state index in [1.165, 1.54) is 24.0 Å². The number of ether oxygens (including phenoxy) is 1. The van der Waals surface area contributed by atoms with Crippen molar-refractivity contribution in [1.29, 1.82) is 0 Å². The van der Waals surface area contributed by atoms with Gasteiger partial charge in [0.25, 0.3) is 0 Å². The highest BCUT2D eigenvalue weighted by Gasteiger charge is 2.20. The minimum atomic E-state index is 0.192. The van der Waals surface area contributed by atoms with Crippen molar-refractivity contribution in [3.05, 3.63) is 41.0 Å². The summed E-state index contributed by atoms with van der Waals surface area (Å²) in [5.74, 6) is 2.93. The molecule has 0 saturated heterocycles. The molecule has 1 aromatic heterocycles. The van der Waals surface area contributed by atoms with Crippen molar-refractivity contribution in [2.24, 2.45) is 5.73 Å². The Morgan fingerprint density at radius 1 is 1.24 bits per heavy atom. The summed E-state index contributed by atoms with van der Waals surface area (Å²) in [6.45, 7) is 1.50. The fourth-order valence-corrected chi connectivity index (χ4v) is 3.34. The molecular formula is C16H20N4O. The lowest BCUT2D eigenvalue weighted by Gasteiger charge is -2.15. The average molecular weight is 284 g/mol. The molecule has 2 heterocycles. The first-order valence-corrected chi connectivity index (χ1v) is 7.73. The summed E-state index contributed by atoms with van der Waals surface area (Å²) in [7, 11) is 0. The highest BCUT2D eigenvalue weighted by Crippen LogP contribution is 2.32. The van der Waals surface area contributed by atoms with E-state index < -0.39 is 0 Å². The molecule has 0 saturated carbocycles. The van der Waals surface area contributed by atoms with E-state index in [9.17, 15) is 0 Å². The normalized spacial score (nSPS) is 20.1. The molecule has 5 nitrogen and oxygen atoms in total. The molecule has 110 valence electrons. The molecule has 2 aliphatic rings. The van der Waals surface area contributed by atoms with Crippen LogP contribution in [0.25, 0.3) is 0 Å². The summed E-state index contributed by atoms with van der Waals surface area (Å²) in [4.78, 5) is 0. The second kappa shape index (κ2) is 5.15. The van der Waals surface area contributed by atoms with Crippen LogP contribution in [0.15, 0.2) is 18.2 Å². The molecule has 1 aliphatic heterocycles. The number of aromatic nitrogens is 3. The van der Waals surface area contributed by atoms with Crippen molar-refractivity contribution in [1.82, 2.24) is 14.8 Å². The molecular weight excluding hydrogens is 264 g/mol. The maximum atomic E-state index is 6.06. The van der Waals surface area contributed by atoms with Gasteiger partial charge in [-0.05, 0) is 48.9 Å². The molecule has 2 N–H and O–H groups in total. The van der Waals surface area contributed by atoms with Gasteiger partial charge in [0, 0.05) is 19.0 Å². The largest absolute Gasteiger partial charge is 0.486 e. The van der Waals surface area contributed by atoms with Gasteiger partial charge in [-0.25, -0.2) is 0 Å². The molecule has 2 aromatic rings. The Kier molecular flexibility index (Phi) is 3.15. The van der Waals surface area contributed by atoms with Crippen molar-refractivity contribution in [2.75, 3.05) is 0 Å². The monoisotopic (exact) mass is 284 g/mol. The summed E-state index contributed by atoms with van der Waals surface area (Å²) in [6, 6.07) is 6.42. The Balaban J connectivity index is 1.49. The molecule has 0 amide bonds. The summed E-state index contributed by atoms with van der Waals surface area (Å²) in [5, 5.41) is 8.52. The number of rotatable bonds is 3. The zero-order chi connectivity index (χ0) is 14.2. The van der Waals surface area contributed by atoms with E-state index in [-0.39, 0.29) is 6.04 Å². The van der Waals surface area contributed by atoms with Gasteiger partial charge in [0.15, 0.2) is 5.82 Å². The Hall–Kier alpha value is -1.88. The standard InChI is InChI=1S/C16H20N4O/c17-14-7-4-11-9-12(5-6-13(11)14)21-10-16-19-18-15-3-1-2-8-20(15)16/h5-6,9,14H,1-4,7-8,10,17H2. The van der Waals surface area contributed by atoms with E-state index in [0.29, 0.717) is 6.61 Å². The van der Waals surface area contributed by atoms with Gasteiger partial charge >= 0.3 is 0 Å². The highest BCUT2D eigenvalue weighted by atomic mass is 16.5. The third-order valence-corrected chi connectivity index (χ3v) is 4.54. The lowest BCUT2D eigenvalue weighted by Crippen LogP contribution is -2.14. The van der Waals surface area contributed by atoms with Crippen LogP contribution in [0.2, 0.25) is 0 Å². The quantitative estimate of drug-likeness (QED) is 0.937. The number of hydrogen-bond acceptors (Lipinski definition) is 4. The number of nitrogens with two attached hydrogens (primary N) is 1. The van der Waals surface area contributed by atoms with Crippen LogP contribution in [0.4, 0.5) is 0 Å². The molecule has 1 aromatic carbocycles. The van der Waals surface area contributed by atoms with E-state index in [1.807, 2.05) is 6.07 Å². The number of nitrogens with zero attached hydrogens (tertiary/aromatic N) is 3. The van der Waals surface area contributed by atoms with Gasteiger partial charge in [-0.2, -0.15) is 0 Å². The van der Waals surface area contributed by atoms with Gasteiger partial charge in [0.05, 0.1) is 0 Å². The van der Waals surface area contributed by atoms with Crippen LogP contribution in [0, 0.1) is 0 Å². The predicted octanol–water partition coefficient (Wildman–Crippen LogP) is 2.14. The maximum Gasteiger partial charge on any atom is 0.171 e. The topological polar surface area (TPSA) is 66.0 Å². The minimum absolute atomic E-state index is 0.192. The average Bonchev–Trinajstić information content (AvgIpc) is 3.09. The Morgan fingerprint density at radius 2 is 2.19 bits per heavy atom. The van der Waals surface area contributed by atoms with Crippen LogP contribution in [0.1, 0.15) is 48.1 Å². The third-order valence-electron chi connectivity index (χ3n) is 4.54. The van der Waals surface area contributed by atoms with Crippen molar-refractivity contribution in [2.45, 2.75) is 51.3 Å². The van der Waals surface area contributed by atoms with Gasteiger partial charge in [0.2, 0.25) is 0 Å². The van der Waals surface area contributed by atoms with Gasteiger partial charge in [-0.1, -0.05) is 6.07 Å². The first-order valence-electron chi connectivity index (χ1n) is 7.73. The second-order valence-electron chi connectivity index (χ2n) is 5.94. The van der Waals surface area contributed by atoms with Crippen molar-refractivity contribution < 1.29 is 4.74 Å².